The first-order valence-electron chi connectivity index (χ1n) is 8.70. The Bertz CT molecular complexity index is 1190. The molecule has 0 saturated heterocycles. The minimum atomic E-state index is -4.36. The summed E-state index contributed by atoms with van der Waals surface area (Å²) in [6, 6.07) is 20.4. The predicted molar refractivity (Wildman–Crippen MR) is 104 cm³/mol. The number of hydrogen-bond acceptors (Lipinski definition) is 1. The second-order valence-corrected chi connectivity index (χ2v) is 6.49. The molecule has 0 saturated carbocycles. The molecule has 0 aliphatic rings. The molecule has 1 nitrogen and oxygen atoms in total. The van der Waals surface area contributed by atoms with Crippen LogP contribution in [0.15, 0.2) is 77.2 Å². The molecule has 0 atom stereocenters. The highest BCUT2D eigenvalue weighted by Gasteiger charge is 2.29. The minimum Gasteiger partial charge on any atom is -0.455 e. The first-order chi connectivity index (χ1) is 13.4. The van der Waals surface area contributed by atoms with Crippen LogP contribution in [-0.2, 0) is 6.18 Å². The maximum atomic E-state index is 12.7. The lowest BCUT2D eigenvalue weighted by atomic mass is 10.0. The average molecular weight is 376 g/mol. The van der Waals surface area contributed by atoms with E-state index in [4.69, 9.17) is 4.42 Å². The van der Waals surface area contributed by atoms with E-state index in [9.17, 15) is 13.2 Å². The molecule has 4 aromatic rings. The standard InChI is InChI=1S/C24H15F3O/c1-16-6-11-18(12-7-16)23-21(20-4-2-3-5-22(20)28-23)15-10-17-8-13-19(14-9-17)24(25,26)27/h2-9,11-14H,1H3. The molecule has 0 aliphatic heterocycles. The van der Waals surface area contributed by atoms with Crippen molar-refractivity contribution in [3.8, 4) is 23.2 Å². The third-order valence-electron chi connectivity index (χ3n) is 4.45. The van der Waals surface area contributed by atoms with Gasteiger partial charge in [-0.3, -0.25) is 0 Å². The lowest BCUT2D eigenvalue weighted by Gasteiger charge is -2.05. The molecule has 0 unspecified atom stereocenters. The number of rotatable bonds is 1. The van der Waals surface area contributed by atoms with Crippen LogP contribution < -0.4 is 0 Å². The van der Waals surface area contributed by atoms with Gasteiger partial charge in [-0.25, -0.2) is 0 Å². The molecule has 28 heavy (non-hydrogen) atoms. The van der Waals surface area contributed by atoms with Crippen LogP contribution in [0.2, 0.25) is 0 Å². The Balaban J connectivity index is 1.80. The SMILES string of the molecule is Cc1ccc(-c2oc3ccccc3c2C#Cc2ccc(C(F)(F)F)cc2)cc1. The molecule has 1 heterocycles. The van der Waals surface area contributed by atoms with Gasteiger partial charge in [0, 0.05) is 16.5 Å². The zero-order chi connectivity index (χ0) is 19.7. The number of furan rings is 1. The van der Waals surface area contributed by atoms with Crippen LogP contribution in [-0.4, -0.2) is 0 Å². The summed E-state index contributed by atoms with van der Waals surface area (Å²) in [6.45, 7) is 2.01. The number of para-hydroxylation sites is 1. The van der Waals surface area contributed by atoms with E-state index in [1.807, 2.05) is 55.5 Å². The predicted octanol–water partition coefficient (Wildman–Crippen LogP) is 6.83. The van der Waals surface area contributed by atoms with Crippen molar-refractivity contribution in [1.29, 1.82) is 0 Å². The number of alkyl halides is 3. The number of halogens is 3. The van der Waals surface area contributed by atoms with Gasteiger partial charge in [0.15, 0.2) is 5.76 Å². The van der Waals surface area contributed by atoms with E-state index in [1.54, 1.807) is 0 Å². The number of benzene rings is 3. The van der Waals surface area contributed by atoms with Gasteiger partial charge in [-0.2, -0.15) is 13.2 Å². The van der Waals surface area contributed by atoms with Gasteiger partial charge in [-0.1, -0.05) is 53.8 Å². The molecule has 3 aromatic carbocycles. The fourth-order valence-electron chi connectivity index (χ4n) is 2.95. The van der Waals surface area contributed by atoms with Crippen LogP contribution in [0.4, 0.5) is 13.2 Å². The van der Waals surface area contributed by atoms with E-state index in [1.165, 1.54) is 12.1 Å². The van der Waals surface area contributed by atoms with Crippen LogP contribution in [0, 0.1) is 18.8 Å². The normalized spacial score (nSPS) is 11.3. The average Bonchev–Trinajstić information content (AvgIpc) is 3.05. The summed E-state index contributed by atoms with van der Waals surface area (Å²) in [5.74, 6) is 6.71. The van der Waals surface area contributed by atoms with E-state index in [2.05, 4.69) is 11.8 Å². The maximum absolute atomic E-state index is 12.7. The van der Waals surface area contributed by atoms with Gasteiger partial charge in [0.05, 0.1) is 11.1 Å². The molecule has 1 aromatic heterocycles. The Kier molecular flexibility index (Phi) is 4.44. The Morgan fingerprint density at radius 1 is 0.786 bits per heavy atom. The van der Waals surface area contributed by atoms with E-state index in [0.29, 0.717) is 11.3 Å². The summed E-state index contributed by atoms with van der Waals surface area (Å²) in [4.78, 5) is 0. The zero-order valence-electron chi connectivity index (χ0n) is 15.0. The molecule has 138 valence electrons. The van der Waals surface area contributed by atoms with Crippen LogP contribution >= 0.6 is 0 Å². The van der Waals surface area contributed by atoms with Gasteiger partial charge in [-0.05, 0) is 43.3 Å². The molecule has 0 spiro atoms. The third-order valence-corrected chi connectivity index (χ3v) is 4.45. The molecule has 0 radical (unpaired) electrons. The van der Waals surface area contributed by atoms with Gasteiger partial charge < -0.3 is 4.42 Å². The van der Waals surface area contributed by atoms with Crippen molar-refractivity contribution >= 4 is 11.0 Å². The highest BCUT2D eigenvalue weighted by molar-refractivity contribution is 5.91. The Morgan fingerprint density at radius 2 is 1.46 bits per heavy atom. The van der Waals surface area contributed by atoms with Crippen molar-refractivity contribution in [2.24, 2.45) is 0 Å². The first kappa shape index (κ1) is 17.9. The summed E-state index contributed by atoms with van der Waals surface area (Å²) >= 11 is 0. The van der Waals surface area contributed by atoms with Crippen molar-refractivity contribution in [3.05, 3.63) is 95.1 Å². The van der Waals surface area contributed by atoms with Gasteiger partial charge in [-0.15, -0.1) is 0 Å². The van der Waals surface area contributed by atoms with Gasteiger partial charge in [0.1, 0.15) is 5.58 Å². The lowest BCUT2D eigenvalue weighted by molar-refractivity contribution is -0.137. The van der Waals surface area contributed by atoms with Crippen molar-refractivity contribution in [1.82, 2.24) is 0 Å². The quantitative estimate of drug-likeness (QED) is 0.332. The molecular formula is C24H15F3O. The zero-order valence-corrected chi connectivity index (χ0v) is 15.0. The summed E-state index contributed by atoms with van der Waals surface area (Å²) < 4.78 is 44.2. The molecule has 4 heteroatoms. The van der Waals surface area contributed by atoms with E-state index in [-0.39, 0.29) is 0 Å². The summed E-state index contributed by atoms with van der Waals surface area (Å²) in [5, 5.41) is 0.873. The van der Waals surface area contributed by atoms with Crippen LogP contribution in [0.1, 0.15) is 22.3 Å². The van der Waals surface area contributed by atoms with Crippen LogP contribution in [0.3, 0.4) is 0 Å². The highest BCUT2D eigenvalue weighted by Crippen LogP contribution is 2.33. The van der Waals surface area contributed by atoms with Crippen molar-refractivity contribution in [2.75, 3.05) is 0 Å². The van der Waals surface area contributed by atoms with Crippen molar-refractivity contribution < 1.29 is 17.6 Å². The Morgan fingerprint density at radius 3 is 2.14 bits per heavy atom. The molecule has 0 bridgehead atoms. The minimum absolute atomic E-state index is 0.508. The lowest BCUT2D eigenvalue weighted by Crippen LogP contribution is -2.04. The maximum Gasteiger partial charge on any atom is 0.416 e. The summed E-state index contributed by atoms with van der Waals surface area (Å²) in [6.07, 6.45) is -4.36. The number of hydrogen-bond donors (Lipinski definition) is 0. The summed E-state index contributed by atoms with van der Waals surface area (Å²) in [5.41, 5.74) is 3.30. The van der Waals surface area contributed by atoms with E-state index >= 15 is 0 Å². The van der Waals surface area contributed by atoms with Crippen LogP contribution in [0.25, 0.3) is 22.3 Å². The molecule has 4 rings (SSSR count). The van der Waals surface area contributed by atoms with E-state index in [0.717, 1.165) is 39.8 Å². The monoisotopic (exact) mass is 376 g/mol. The fraction of sp³-hybridized carbons (Fsp3) is 0.0833. The Hall–Kier alpha value is -3.45. The van der Waals surface area contributed by atoms with Crippen molar-refractivity contribution in [3.63, 3.8) is 0 Å². The largest absolute Gasteiger partial charge is 0.455 e. The second kappa shape index (κ2) is 6.94. The van der Waals surface area contributed by atoms with Crippen LogP contribution in [0.5, 0.6) is 0 Å². The Labute approximate surface area is 160 Å². The van der Waals surface area contributed by atoms with E-state index < -0.39 is 11.7 Å². The molecule has 0 N–H and O–H groups in total. The third kappa shape index (κ3) is 3.52. The fourth-order valence-corrected chi connectivity index (χ4v) is 2.95. The molecule has 0 aliphatic carbocycles. The highest BCUT2D eigenvalue weighted by atomic mass is 19.4. The molecular weight excluding hydrogens is 361 g/mol. The second-order valence-electron chi connectivity index (χ2n) is 6.49. The number of fused-ring (bicyclic) bond motifs is 1. The van der Waals surface area contributed by atoms with Gasteiger partial charge >= 0.3 is 6.18 Å². The molecule has 0 amide bonds. The summed E-state index contributed by atoms with van der Waals surface area (Å²) in [7, 11) is 0. The topological polar surface area (TPSA) is 13.1 Å². The molecule has 0 fully saturated rings. The smallest absolute Gasteiger partial charge is 0.416 e. The van der Waals surface area contributed by atoms with Crippen molar-refractivity contribution in [2.45, 2.75) is 13.1 Å². The van der Waals surface area contributed by atoms with Gasteiger partial charge in [0.25, 0.3) is 0 Å². The van der Waals surface area contributed by atoms with Gasteiger partial charge in [0.2, 0.25) is 0 Å². The number of aryl methyl sites for hydroxylation is 1. The first-order valence-corrected chi connectivity index (χ1v) is 8.70.